The molecule has 7 heteroatoms. The van der Waals surface area contributed by atoms with E-state index in [0.29, 0.717) is 17.1 Å². The monoisotopic (exact) mass is 390 g/mol. The molecule has 144 valence electrons. The van der Waals surface area contributed by atoms with Gasteiger partial charge in [0.25, 0.3) is 5.91 Å². The van der Waals surface area contributed by atoms with Crippen molar-refractivity contribution in [2.45, 2.75) is 6.92 Å². The highest BCUT2D eigenvalue weighted by Crippen LogP contribution is 2.24. The van der Waals surface area contributed by atoms with Crippen molar-refractivity contribution in [3.05, 3.63) is 95.8 Å². The first-order chi connectivity index (χ1) is 14.0. The molecule has 0 radical (unpaired) electrons. The lowest BCUT2D eigenvalue weighted by molar-refractivity contribution is 0.101. The van der Waals surface area contributed by atoms with Crippen molar-refractivity contribution in [2.75, 3.05) is 5.32 Å². The van der Waals surface area contributed by atoms with Crippen molar-refractivity contribution in [3.8, 4) is 17.1 Å². The summed E-state index contributed by atoms with van der Waals surface area (Å²) >= 11 is 0. The Kier molecular flexibility index (Phi) is 4.87. The van der Waals surface area contributed by atoms with Crippen LogP contribution in [0.15, 0.2) is 72.8 Å². The highest BCUT2D eigenvalue weighted by Gasteiger charge is 2.20. The van der Waals surface area contributed by atoms with Crippen LogP contribution in [-0.4, -0.2) is 20.7 Å². The molecule has 29 heavy (non-hydrogen) atoms. The molecule has 4 rings (SSSR count). The lowest BCUT2D eigenvalue weighted by atomic mass is 10.1. The number of nitrogens with one attached hydrogen (secondary N) is 1. The van der Waals surface area contributed by atoms with Crippen LogP contribution in [0.5, 0.6) is 0 Å². The maximum atomic E-state index is 13.4. The van der Waals surface area contributed by atoms with Gasteiger partial charge in [0, 0.05) is 11.3 Å². The zero-order valence-corrected chi connectivity index (χ0v) is 15.4. The fourth-order valence-corrected chi connectivity index (χ4v) is 2.88. The average Bonchev–Trinajstić information content (AvgIpc) is 3.16. The van der Waals surface area contributed by atoms with E-state index in [1.165, 1.54) is 36.4 Å². The second kappa shape index (κ2) is 7.63. The van der Waals surface area contributed by atoms with Crippen LogP contribution in [0.4, 0.5) is 14.5 Å². The van der Waals surface area contributed by atoms with Gasteiger partial charge in [-0.2, -0.15) is 0 Å². The van der Waals surface area contributed by atoms with Crippen LogP contribution in [0, 0.1) is 18.6 Å². The summed E-state index contributed by atoms with van der Waals surface area (Å²) in [4.78, 5) is 17.0. The molecular formula is C22H16F2N4O. The van der Waals surface area contributed by atoms with E-state index in [1.807, 2.05) is 31.2 Å². The number of aromatic nitrogens is 3. The SMILES string of the molecule is Cc1ccccc1-n1nc(C(=O)Nc2ccc(F)cc2)nc1-c1ccc(F)cc1. The van der Waals surface area contributed by atoms with E-state index >= 15 is 0 Å². The molecule has 0 aliphatic carbocycles. The Bertz CT molecular complexity index is 1170. The molecule has 1 N–H and O–H groups in total. The highest BCUT2D eigenvalue weighted by molar-refractivity contribution is 6.01. The van der Waals surface area contributed by atoms with Crippen LogP contribution < -0.4 is 5.32 Å². The molecule has 0 saturated heterocycles. The number of anilines is 1. The van der Waals surface area contributed by atoms with E-state index in [4.69, 9.17) is 0 Å². The predicted octanol–water partition coefficient (Wildman–Crippen LogP) is 4.77. The topological polar surface area (TPSA) is 59.8 Å². The molecular weight excluding hydrogens is 374 g/mol. The Morgan fingerprint density at radius 1 is 0.897 bits per heavy atom. The second-order valence-corrected chi connectivity index (χ2v) is 6.43. The summed E-state index contributed by atoms with van der Waals surface area (Å²) in [6.45, 7) is 1.92. The van der Waals surface area contributed by atoms with E-state index < -0.39 is 11.7 Å². The predicted molar refractivity (Wildman–Crippen MR) is 106 cm³/mol. The van der Waals surface area contributed by atoms with Gasteiger partial charge in [0.1, 0.15) is 11.6 Å². The number of hydrogen-bond acceptors (Lipinski definition) is 3. The number of halogens is 2. The van der Waals surface area contributed by atoms with Crippen molar-refractivity contribution in [1.29, 1.82) is 0 Å². The Balaban J connectivity index is 1.76. The maximum absolute atomic E-state index is 13.4. The number of hydrogen-bond donors (Lipinski definition) is 1. The summed E-state index contributed by atoms with van der Waals surface area (Å²) in [6.07, 6.45) is 0. The minimum atomic E-state index is -0.535. The number of rotatable bonds is 4. The lowest BCUT2D eigenvalue weighted by Crippen LogP contribution is -2.14. The first-order valence-corrected chi connectivity index (χ1v) is 8.87. The number of carbonyl (C=O) groups is 1. The van der Waals surface area contributed by atoms with E-state index in [9.17, 15) is 13.6 Å². The number of amides is 1. The number of nitrogens with zero attached hydrogens (tertiary/aromatic N) is 3. The largest absolute Gasteiger partial charge is 0.319 e. The summed E-state index contributed by atoms with van der Waals surface area (Å²) in [6, 6.07) is 18.7. The van der Waals surface area contributed by atoms with Gasteiger partial charge >= 0.3 is 0 Å². The molecule has 1 amide bonds. The summed E-state index contributed by atoms with van der Waals surface area (Å²) in [5, 5.41) is 7.03. The van der Waals surface area contributed by atoms with E-state index in [2.05, 4.69) is 15.4 Å². The van der Waals surface area contributed by atoms with Gasteiger partial charge in [-0.3, -0.25) is 4.79 Å². The Morgan fingerprint density at radius 2 is 1.52 bits per heavy atom. The molecule has 3 aromatic carbocycles. The molecule has 0 spiro atoms. The van der Waals surface area contributed by atoms with Crippen LogP contribution in [0.2, 0.25) is 0 Å². The fraction of sp³-hybridized carbons (Fsp3) is 0.0455. The normalized spacial score (nSPS) is 10.7. The molecule has 0 atom stereocenters. The summed E-state index contributed by atoms with van der Waals surface area (Å²) < 4.78 is 28.0. The quantitative estimate of drug-likeness (QED) is 0.546. The summed E-state index contributed by atoms with van der Waals surface area (Å²) in [7, 11) is 0. The lowest BCUT2D eigenvalue weighted by Gasteiger charge is -2.08. The van der Waals surface area contributed by atoms with E-state index in [1.54, 1.807) is 16.8 Å². The first kappa shape index (κ1) is 18.5. The smallest absolute Gasteiger partial charge is 0.295 e. The van der Waals surface area contributed by atoms with Gasteiger partial charge < -0.3 is 5.32 Å². The van der Waals surface area contributed by atoms with E-state index in [0.717, 1.165) is 11.3 Å². The third-order valence-electron chi connectivity index (χ3n) is 4.36. The molecule has 5 nitrogen and oxygen atoms in total. The average molecular weight is 390 g/mol. The number of aryl methyl sites for hydroxylation is 1. The summed E-state index contributed by atoms with van der Waals surface area (Å²) in [5.41, 5.74) is 2.72. The van der Waals surface area contributed by atoms with Crippen molar-refractivity contribution in [2.24, 2.45) is 0 Å². The van der Waals surface area contributed by atoms with E-state index in [-0.39, 0.29) is 11.6 Å². The highest BCUT2D eigenvalue weighted by atomic mass is 19.1. The molecule has 0 unspecified atom stereocenters. The molecule has 0 saturated carbocycles. The number of benzene rings is 3. The fourth-order valence-electron chi connectivity index (χ4n) is 2.88. The van der Waals surface area contributed by atoms with Crippen molar-refractivity contribution in [1.82, 2.24) is 14.8 Å². The van der Waals surface area contributed by atoms with Crippen molar-refractivity contribution < 1.29 is 13.6 Å². The standard InChI is InChI=1S/C22H16F2N4O/c1-14-4-2-3-5-19(14)28-21(15-6-8-16(23)9-7-15)26-20(27-28)22(29)25-18-12-10-17(24)11-13-18/h2-13H,1H3,(H,25,29). The van der Waals surface area contributed by atoms with Crippen molar-refractivity contribution in [3.63, 3.8) is 0 Å². The Hall–Kier alpha value is -3.87. The Labute approximate surface area is 165 Å². The minimum absolute atomic E-state index is 0.0584. The van der Waals surface area contributed by atoms with Gasteiger partial charge in [-0.05, 0) is 67.1 Å². The second-order valence-electron chi connectivity index (χ2n) is 6.43. The van der Waals surface area contributed by atoms with Crippen LogP contribution in [0.25, 0.3) is 17.1 Å². The molecule has 1 aromatic heterocycles. The van der Waals surface area contributed by atoms with Gasteiger partial charge in [0.05, 0.1) is 5.69 Å². The third kappa shape index (κ3) is 3.89. The van der Waals surface area contributed by atoms with Crippen LogP contribution in [-0.2, 0) is 0 Å². The van der Waals surface area contributed by atoms with Gasteiger partial charge in [0.15, 0.2) is 5.82 Å². The molecule has 0 aliphatic heterocycles. The third-order valence-corrected chi connectivity index (χ3v) is 4.36. The van der Waals surface area contributed by atoms with Crippen LogP contribution in [0.1, 0.15) is 16.2 Å². The zero-order valence-electron chi connectivity index (χ0n) is 15.4. The van der Waals surface area contributed by atoms with Crippen LogP contribution in [0.3, 0.4) is 0 Å². The van der Waals surface area contributed by atoms with Gasteiger partial charge in [-0.1, -0.05) is 18.2 Å². The molecule has 4 aromatic rings. The molecule has 0 bridgehead atoms. The molecule has 0 fully saturated rings. The maximum Gasteiger partial charge on any atom is 0.295 e. The van der Waals surface area contributed by atoms with Gasteiger partial charge in [0.2, 0.25) is 5.82 Å². The minimum Gasteiger partial charge on any atom is -0.319 e. The Morgan fingerprint density at radius 3 is 2.17 bits per heavy atom. The van der Waals surface area contributed by atoms with Gasteiger partial charge in [-0.15, -0.1) is 5.10 Å². The van der Waals surface area contributed by atoms with Gasteiger partial charge in [-0.25, -0.2) is 18.4 Å². The van der Waals surface area contributed by atoms with Crippen LogP contribution >= 0.6 is 0 Å². The molecule has 1 heterocycles. The zero-order chi connectivity index (χ0) is 20.4. The number of carbonyl (C=O) groups excluding carboxylic acids is 1. The van der Waals surface area contributed by atoms with Crippen molar-refractivity contribution >= 4 is 11.6 Å². The number of para-hydroxylation sites is 1. The first-order valence-electron chi connectivity index (χ1n) is 8.87. The summed E-state index contributed by atoms with van der Waals surface area (Å²) in [5.74, 6) is -0.957. The molecule has 0 aliphatic rings.